The van der Waals surface area contributed by atoms with E-state index in [1.165, 1.54) is 5.56 Å². The molecule has 1 rings (SSSR count). The van der Waals surface area contributed by atoms with Gasteiger partial charge in [-0.3, -0.25) is 0 Å². The second-order valence-electron chi connectivity index (χ2n) is 5.27. The Balaban J connectivity index is 2.85. The van der Waals surface area contributed by atoms with Gasteiger partial charge in [-0.25, -0.2) is 0 Å². The summed E-state index contributed by atoms with van der Waals surface area (Å²) in [5, 5.41) is 23.2. The largest absolute Gasteiger partial charge is 0.395 e. The average molecular weight is 265 g/mol. The number of nitrogens with one attached hydrogen (secondary N) is 1. The standard InChI is InChI=1S/C16H27NO2/c1-5-13(10-18)17-15(6-2)16(19)14-8-7-11(3)9-12(14)4/h7-9,13,15-19H,5-6,10H2,1-4H3. The zero-order valence-electron chi connectivity index (χ0n) is 12.5. The maximum Gasteiger partial charge on any atom is 0.0945 e. The maximum absolute atomic E-state index is 10.5. The molecule has 0 aliphatic heterocycles. The SMILES string of the molecule is CCC(CO)NC(CC)C(O)c1ccc(C)cc1C. The summed E-state index contributed by atoms with van der Waals surface area (Å²) >= 11 is 0. The highest BCUT2D eigenvalue weighted by atomic mass is 16.3. The Kier molecular flexibility index (Phi) is 6.49. The Morgan fingerprint density at radius 1 is 1.16 bits per heavy atom. The fourth-order valence-corrected chi connectivity index (χ4v) is 2.41. The number of benzene rings is 1. The molecule has 0 aliphatic rings. The van der Waals surface area contributed by atoms with Crippen molar-refractivity contribution in [1.82, 2.24) is 5.32 Å². The van der Waals surface area contributed by atoms with Crippen LogP contribution in [0.2, 0.25) is 0 Å². The highest BCUT2D eigenvalue weighted by Crippen LogP contribution is 2.23. The molecule has 3 N–H and O–H groups in total. The van der Waals surface area contributed by atoms with Crippen LogP contribution in [0.15, 0.2) is 18.2 Å². The number of aliphatic hydroxyl groups excluding tert-OH is 2. The molecule has 19 heavy (non-hydrogen) atoms. The minimum Gasteiger partial charge on any atom is -0.395 e. The molecule has 0 saturated heterocycles. The van der Waals surface area contributed by atoms with Gasteiger partial charge in [0.05, 0.1) is 12.7 Å². The minimum absolute atomic E-state index is 0.0292. The smallest absolute Gasteiger partial charge is 0.0945 e. The van der Waals surface area contributed by atoms with Crippen molar-refractivity contribution in [3.05, 3.63) is 34.9 Å². The van der Waals surface area contributed by atoms with Crippen LogP contribution in [0.4, 0.5) is 0 Å². The number of hydrogen-bond donors (Lipinski definition) is 3. The van der Waals surface area contributed by atoms with Crippen LogP contribution in [0.1, 0.15) is 49.5 Å². The van der Waals surface area contributed by atoms with Crippen LogP contribution in [-0.4, -0.2) is 28.9 Å². The van der Waals surface area contributed by atoms with E-state index in [2.05, 4.69) is 25.2 Å². The third-order valence-corrected chi connectivity index (χ3v) is 3.73. The Bertz CT molecular complexity index is 388. The van der Waals surface area contributed by atoms with Crippen molar-refractivity contribution < 1.29 is 10.2 Å². The quantitative estimate of drug-likeness (QED) is 0.710. The highest BCUT2D eigenvalue weighted by Gasteiger charge is 2.22. The molecule has 1 aromatic rings. The molecule has 108 valence electrons. The molecule has 1 aromatic carbocycles. The summed E-state index contributed by atoms with van der Waals surface area (Å²) in [6.45, 7) is 8.27. The molecule has 3 unspecified atom stereocenters. The topological polar surface area (TPSA) is 52.5 Å². The van der Waals surface area contributed by atoms with Crippen molar-refractivity contribution in [3.8, 4) is 0 Å². The maximum atomic E-state index is 10.5. The minimum atomic E-state index is -0.536. The number of hydrogen-bond acceptors (Lipinski definition) is 3. The number of aliphatic hydroxyl groups is 2. The Labute approximate surface area is 116 Å². The molecular formula is C16H27NO2. The van der Waals surface area contributed by atoms with E-state index in [1.54, 1.807) is 0 Å². The van der Waals surface area contributed by atoms with Crippen LogP contribution < -0.4 is 5.32 Å². The lowest BCUT2D eigenvalue weighted by molar-refractivity contribution is 0.108. The fourth-order valence-electron chi connectivity index (χ4n) is 2.41. The van der Waals surface area contributed by atoms with Crippen molar-refractivity contribution in [3.63, 3.8) is 0 Å². The normalized spacial score (nSPS) is 16.1. The molecule has 0 fully saturated rings. The van der Waals surface area contributed by atoms with Crippen LogP contribution in [0, 0.1) is 13.8 Å². The van der Waals surface area contributed by atoms with E-state index in [1.807, 2.05) is 26.0 Å². The van der Waals surface area contributed by atoms with Gasteiger partial charge < -0.3 is 15.5 Å². The average Bonchev–Trinajstić information content (AvgIpc) is 2.39. The molecule has 3 heteroatoms. The van der Waals surface area contributed by atoms with Crippen molar-refractivity contribution in [2.75, 3.05) is 6.61 Å². The van der Waals surface area contributed by atoms with Gasteiger partial charge in [0.15, 0.2) is 0 Å². The summed E-state index contributed by atoms with van der Waals surface area (Å²) in [5.74, 6) is 0. The van der Waals surface area contributed by atoms with Gasteiger partial charge >= 0.3 is 0 Å². The Morgan fingerprint density at radius 3 is 2.32 bits per heavy atom. The molecule has 0 spiro atoms. The molecular weight excluding hydrogens is 238 g/mol. The molecule has 3 nitrogen and oxygen atoms in total. The first kappa shape index (κ1) is 16.2. The molecule has 3 atom stereocenters. The second-order valence-corrected chi connectivity index (χ2v) is 5.27. The van der Waals surface area contributed by atoms with Crippen LogP contribution in [0.5, 0.6) is 0 Å². The lowest BCUT2D eigenvalue weighted by Crippen LogP contribution is -2.43. The van der Waals surface area contributed by atoms with E-state index in [0.29, 0.717) is 0 Å². The summed E-state index contributed by atoms with van der Waals surface area (Å²) in [5.41, 5.74) is 3.29. The third kappa shape index (κ3) is 4.30. The van der Waals surface area contributed by atoms with Crippen molar-refractivity contribution in [2.45, 2.75) is 58.7 Å². The summed E-state index contributed by atoms with van der Waals surface area (Å²) < 4.78 is 0. The predicted molar refractivity (Wildman–Crippen MR) is 79.3 cm³/mol. The van der Waals surface area contributed by atoms with Crippen molar-refractivity contribution in [1.29, 1.82) is 0 Å². The molecule has 0 amide bonds. The summed E-state index contributed by atoms with van der Waals surface area (Å²) in [6, 6.07) is 6.14. The molecule has 0 heterocycles. The number of rotatable bonds is 7. The van der Waals surface area contributed by atoms with Crippen LogP contribution in [0.3, 0.4) is 0 Å². The summed E-state index contributed by atoms with van der Waals surface area (Å²) in [7, 11) is 0. The van der Waals surface area contributed by atoms with Crippen LogP contribution in [0.25, 0.3) is 0 Å². The Morgan fingerprint density at radius 2 is 1.84 bits per heavy atom. The zero-order chi connectivity index (χ0) is 14.4. The molecule has 0 aliphatic carbocycles. The second kappa shape index (κ2) is 7.63. The van der Waals surface area contributed by atoms with E-state index in [-0.39, 0.29) is 18.7 Å². The lowest BCUT2D eigenvalue weighted by Gasteiger charge is -2.28. The van der Waals surface area contributed by atoms with E-state index < -0.39 is 6.10 Å². The molecule has 0 bridgehead atoms. The van der Waals surface area contributed by atoms with E-state index in [4.69, 9.17) is 0 Å². The van der Waals surface area contributed by atoms with Gasteiger partial charge in [0.2, 0.25) is 0 Å². The zero-order valence-corrected chi connectivity index (χ0v) is 12.5. The van der Waals surface area contributed by atoms with Gasteiger partial charge in [0.1, 0.15) is 0 Å². The summed E-state index contributed by atoms with van der Waals surface area (Å²) in [6.07, 6.45) is 1.14. The predicted octanol–water partition coefficient (Wildman–Crippen LogP) is 2.48. The van der Waals surface area contributed by atoms with E-state index in [0.717, 1.165) is 24.0 Å². The molecule has 0 radical (unpaired) electrons. The van der Waals surface area contributed by atoms with E-state index >= 15 is 0 Å². The van der Waals surface area contributed by atoms with Gasteiger partial charge in [0, 0.05) is 12.1 Å². The molecule has 0 saturated carbocycles. The fraction of sp³-hybridized carbons (Fsp3) is 0.625. The first-order chi connectivity index (χ1) is 9.03. The number of aryl methyl sites for hydroxylation is 2. The molecule has 0 aromatic heterocycles. The first-order valence-corrected chi connectivity index (χ1v) is 7.15. The lowest BCUT2D eigenvalue weighted by atomic mass is 9.94. The van der Waals surface area contributed by atoms with Gasteiger partial charge in [-0.05, 0) is 37.8 Å². The van der Waals surface area contributed by atoms with Gasteiger partial charge in [-0.2, -0.15) is 0 Å². The van der Waals surface area contributed by atoms with Gasteiger partial charge in [-0.1, -0.05) is 37.6 Å². The van der Waals surface area contributed by atoms with Crippen molar-refractivity contribution >= 4 is 0 Å². The van der Waals surface area contributed by atoms with Gasteiger partial charge in [-0.15, -0.1) is 0 Å². The monoisotopic (exact) mass is 265 g/mol. The first-order valence-electron chi connectivity index (χ1n) is 7.15. The van der Waals surface area contributed by atoms with E-state index in [9.17, 15) is 10.2 Å². The van der Waals surface area contributed by atoms with Crippen LogP contribution in [-0.2, 0) is 0 Å². The van der Waals surface area contributed by atoms with Crippen LogP contribution >= 0.6 is 0 Å². The third-order valence-electron chi connectivity index (χ3n) is 3.73. The highest BCUT2D eigenvalue weighted by molar-refractivity contribution is 5.32. The Hall–Kier alpha value is -0.900. The van der Waals surface area contributed by atoms with Crippen molar-refractivity contribution in [2.24, 2.45) is 0 Å². The van der Waals surface area contributed by atoms with Gasteiger partial charge in [0.25, 0.3) is 0 Å². The summed E-state index contributed by atoms with van der Waals surface area (Å²) in [4.78, 5) is 0.